The van der Waals surface area contributed by atoms with E-state index in [2.05, 4.69) is 49.9 Å². The number of rotatable bonds is 10. The Kier molecular flexibility index (Phi) is 7.05. The molecule has 0 bridgehead atoms. The van der Waals surface area contributed by atoms with E-state index in [0.29, 0.717) is 6.42 Å². The molecular formula is C22H28O2. The second-order valence-corrected chi connectivity index (χ2v) is 6.52. The van der Waals surface area contributed by atoms with Crippen LogP contribution in [0.4, 0.5) is 0 Å². The number of hydrogen-bond acceptors (Lipinski definition) is 1. The SMILES string of the molecule is C=C(CCCC(=O)O)c1cc2ccccc2cc1CCCCCC. The molecule has 24 heavy (non-hydrogen) atoms. The standard InChI is InChI=1S/C22H28O2/c1-3-4-5-6-13-20-15-18-11-7-8-12-19(18)16-21(20)17(2)10-9-14-22(23)24/h7-8,11-12,15-16H,2-6,9-10,13-14H2,1H3,(H,23,24). The molecule has 0 aliphatic heterocycles. The summed E-state index contributed by atoms with van der Waals surface area (Å²) in [5, 5.41) is 11.3. The van der Waals surface area contributed by atoms with Crippen molar-refractivity contribution in [1.29, 1.82) is 0 Å². The fourth-order valence-corrected chi connectivity index (χ4v) is 3.15. The van der Waals surface area contributed by atoms with Gasteiger partial charge in [-0.2, -0.15) is 0 Å². The van der Waals surface area contributed by atoms with E-state index in [4.69, 9.17) is 5.11 Å². The molecule has 0 heterocycles. The van der Waals surface area contributed by atoms with Gasteiger partial charge < -0.3 is 5.11 Å². The van der Waals surface area contributed by atoms with Crippen molar-refractivity contribution in [2.45, 2.75) is 58.3 Å². The predicted molar refractivity (Wildman–Crippen MR) is 102 cm³/mol. The van der Waals surface area contributed by atoms with Crippen LogP contribution in [0.1, 0.15) is 63.0 Å². The zero-order valence-electron chi connectivity index (χ0n) is 14.7. The smallest absolute Gasteiger partial charge is 0.303 e. The van der Waals surface area contributed by atoms with E-state index in [1.165, 1.54) is 47.6 Å². The Morgan fingerprint density at radius 3 is 2.38 bits per heavy atom. The number of carboxylic acid groups (broad SMARTS) is 1. The minimum atomic E-state index is -0.735. The maximum absolute atomic E-state index is 10.7. The van der Waals surface area contributed by atoms with Gasteiger partial charge in [-0.15, -0.1) is 0 Å². The third-order valence-corrected chi connectivity index (χ3v) is 4.52. The first-order valence-corrected chi connectivity index (χ1v) is 9.03. The molecule has 2 nitrogen and oxygen atoms in total. The van der Waals surface area contributed by atoms with Gasteiger partial charge in [0.2, 0.25) is 0 Å². The number of unbranched alkanes of at least 4 members (excludes halogenated alkanes) is 3. The van der Waals surface area contributed by atoms with Crippen LogP contribution in [-0.2, 0) is 11.2 Å². The van der Waals surface area contributed by atoms with Crippen molar-refractivity contribution in [2.75, 3.05) is 0 Å². The van der Waals surface area contributed by atoms with Gasteiger partial charge in [-0.1, -0.05) is 63.1 Å². The van der Waals surface area contributed by atoms with Gasteiger partial charge in [0.05, 0.1) is 0 Å². The van der Waals surface area contributed by atoms with Crippen LogP contribution in [0.2, 0.25) is 0 Å². The van der Waals surface area contributed by atoms with E-state index in [1.807, 2.05) is 0 Å². The van der Waals surface area contributed by atoms with E-state index in [9.17, 15) is 4.79 Å². The van der Waals surface area contributed by atoms with Gasteiger partial charge in [0.25, 0.3) is 0 Å². The lowest BCUT2D eigenvalue weighted by molar-refractivity contribution is -0.137. The Labute approximate surface area is 145 Å². The highest BCUT2D eigenvalue weighted by Crippen LogP contribution is 2.29. The Morgan fingerprint density at radius 2 is 1.71 bits per heavy atom. The van der Waals surface area contributed by atoms with Gasteiger partial charge >= 0.3 is 5.97 Å². The number of aryl methyl sites for hydroxylation is 1. The number of carboxylic acids is 1. The summed E-state index contributed by atoms with van der Waals surface area (Å²) in [4.78, 5) is 10.7. The van der Waals surface area contributed by atoms with Crippen molar-refractivity contribution < 1.29 is 9.90 Å². The summed E-state index contributed by atoms with van der Waals surface area (Å²) >= 11 is 0. The minimum absolute atomic E-state index is 0.207. The van der Waals surface area contributed by atoms with Crippen molar-refractivity contribution >= 4 is 22.3 Å². The van der Waals surface area contributed by atoms with Crippen molar-refractivity contribution in [1.82, 2.24) is 0 Å². The van der Waals surface area contributed by atoms with E-state index in [-0.39, 0.29) is 6.42 Å². The summed E-state index contributed by atoms with van der Waals surface area (Å²) in [6.45, 7) is 6.47. The van der Waals surface area contributed by atoms with E-state index in [0.717, 1.165) is 18.4 Å². The first-order valence-electron chi connectivity index (χ1n) is 9.03. The number of allylic oxidation sites excluding steroid dienone is 1. The van der Waals surface area contributed by atoms with Crippen LogP contribution in [0.25, 0.3) is 16.3 Å². The monoisotopic (exact) mass is 324 g/mol. The highest BCUT2D eigenvalue weighted by molar-refractivity contribution is 5.87. The summed E-state index contributed by atoms with van der Waals surface area (Å²) in [5.41, 5.74) is 3.63. The molecule has 0 spiro atoms. The van der Waals surface area contributed by atoms with Crippen molar-refractivity contribution in [3.8, 4) is 0 Å². The molecule has 0 atom stereocenters. The number of carbonyl (C=O) groups is 1. The van der Waals surface area contributed by atoms with Crippen LogP contribution in [0.5, 0.6) is 0 Å². The number of benzene rings is 2. The van der Waals surface area contributed by atoms with Gasteiger partial charge in [-0.3, -0.25) is 4.79 Å². The van der Waals surface area contributed by atoms with Gasteiger partial charge in [0, 0.05) is 6.42 Å². The summed E-state index contributed by atoms with van der Waals surface area (Å²) in [6.07, 6.45) is 7.64. The summed E-state index contributed by atoms with van der Waals surface area (Å²) < 4.78 is 0. The van der Waals surface area contributed by atoms with Crippen LogP contribution in [-0.4, -0.2) is 11.1 Å². The molecule has 2 heteroatoms. The molecule has 128 valence electrons. The molecule has 0 aromatic heterocycles. The lowest BCUT2D eigenvalue weighted by Gasteiger charge is -2.14. The van der Waals surface area contributed by atoms with Gasteiger partial charge in [-0.25, -0.2) is 0 Å². The van der Waals surface area contributed by atoms with Crippen LogP contribution < -0.4 is 0 Å². The minimum Gasteiger partial charge on any atom is -0.481 e. The molecule has 0 amide bonds. The number of aliphatic carboxylic acids is 1. The second-order valence-electron chi connectivity index (χ2n) is 6.52. The number of fused-ring (bicyclic) bond motifs is 1. The van der Waals surface area contributed by atoms with Crippen molar-refractivity contribution in [3.63, 3.8) is 0 Å². The quantitative estimate of drug-likeness (QED) is 0.526. The lowest BCUT2D eigenvalue weighted by atomic mass is 9.91. The Hall–Kier alpha value is -2.09. The maximum atomic E-state index is 10.7. The van der Waals surface area contributed by atoms with Gasteiger partial charge in [-0.05, 0) is 59.2 Å². The van der Waals surface area contributed by atoms with E-state index >= 15 is 0 Å². The molecule has 0 unspecified atom stereocenters. The fraction of sp³-hybridized carbons (Fsp3) is 0.409. The zero-order chi connectivity index (χ0) is 17.4. The molecule has 0 saturated carbocycles. The maximum Gasteiger partial charge on any atom is 0.303 e. The Bertz CT molecular complexity index is 700. The van der Waals surface area contributed by atoms with Crippen LogP contribution in [0.15, 0.2) is 43.0 Å². The normalized spacial score (nSPS) is 10.9. The molecule has 2 rings (SSSR count). The lowest BCUT2D eigenvalue weighted by Crippen LogP contribution is -1.97. The Balaban J connectivity index is 2.19. The first kappa shape index (κ1) is 18.3. The molecule has 2 aromatic carbocycles. The first-order chi connectivity index (χ1) is 11.6. The molecule has 0 saturated heterocycles. The number of hydrogen-bond donors (Lipinski definition) is 1. The molecule has 0 radical (unpaired) electrons. The third-order valence-electron chi connectivity index (χ3n) is 4.52. The van der Waals surface area contributed by atoms with Crippen molar-refractivity contribution in [3.05, 3.63) is 54.1 Å². The van der Waals surface area contributed by atoms with Gasteiger partial charge in [0.15, 0.2) is 0 Å². The summed E-state index contributed by atoms with van der Waals surface area (Å²) in [6, 6.07) is 12.9. The third kappa shape index (κ3) is 5.23. The predicted octanol–water partition coefficient (Wildman–Crippen LogP) is 6.23. The van der Waals surface area contributed by atoms with Crippen LogP contribution in [0.3, 0.4) is 0 Å². The largest absolute Gasteiger partial charge is 0.481 e. The topological polar surface area (TPSA) is 37.3 Å². The molecule has 0 aliphatic rings. The molecule has 0 fully saturated rings. The molecular weight excluding hydrogens is 296 g/mol. The van der Waals surface area contributed by atoms with Crippen molar-refractivity contribution in [2.24, 2.45) is 0 Å². The van der Waals surface area contributed by atoms with E-state index < -0.39 is 5.97 Å². The van der Waals surface area contributed by atoms with Crippen LogP contribution in [0, 0.1) is 0 Å². The fourth-order valence-electron chi connectivity index (χ4n) is 3.15. The molecule has 1 N–H and O–H groups in total. The Morgan fingerprint density at radius 1 is 1.00 bits per heavy atom. The van der Waals surface area contributed by atoms with Gasteiger partial charge in [0.1, 0.15) is 0 Å². The van der Waals surface area contributed by atoms with E-state index in [1.54, 1.807) is 0 Å². The molecule has 2 aromatic rings. The summed E-state index contributed by atoms with van der Waals surface area (Å²) in [7, 11) is 0. The highest BCUT2D eigenvalue weighted by Gasteiger charge is 2.09. The second kappa shape index (κ2) is 9.27. The molecule has 0 aliphatic carbocycles. The summed E-state index contributed by atoms with van der Waals surface area (Å²) in [5.74, 6) is -0.735. The van der Waals surface area contributed by atoms with Crippen LogP contribution >= 0.6 is 0 Å². The highest BCUT2D eigenvalue weighted by atomic mass is 16.4. The zero-order valence-corrected chi connectivity index (χ0v) is 14.7. The average molecular weight is 324 g/mol. The average Bonchev–Trinajstić information content (AvgIpc) is 2.57.